The van der Waals surface area contributed by atoms with Gasteiger partial charge in [-0.2, -0.15) is 0 Å². The highest BCUT2D eigenvalue weighted by molar-refractivity contribution is 7.80. The summed E-state index contributed by atoms with van der Waals surface area (Å²) < 4.78 is 0. The number of hydrogen-bond acceptors (Lipinski definition) is 3. The van der Waals surface area contributed by atoms with Crippen LogP contribution in [0.5, 0.6) is 0 Å². The Labute approximate surface area is 131 Å². The minimum Gasteiger partial charge on any atom is -0.478 e. The average molecular weight is 335 g/mol. The molecule has 0 aliphatic rings. The van der Waals surface area contributed by atoms with Crippen molar-refractivity contribution in [2.75, 3.05) is 11.2 Å². The van der Waals surface area contributed by atoms with E-state index in [1.54, 1.807) is 6.07 Å². The summed E-state index contributed by atoms with van der Waals surface area (Å²) in [6.07, 6.45) is 0.826. The molecule has 1 aromatic rings. The Hall–Kier alpha value is -1.37. The molecule has 0 bridgehead atoms. The topological polar surface area (TPSA) is 78.4 Å². The van der Waals surface area contributed by atoms with Gasteiger partial charge in [0.2, 0.25) is 5.91 Å². The molecule has 0 atom stereocenters. The van der Waals surface area contributed by atoms with Gasteiger partial charge >= 0.3 is 5.97 Å². The second-order valence-corrected chi connectivity index (χ2v) is 4.99. The van der Waals surface area contributed by atoms with Crippen LogP contribution in [0.15, 0.2) is 18.2 Å². The molecule has 0 unspecified atom stereocenters. The van der Waals surface area contributed by atoms with Crippen LogP contribution in [0.4, 0.5) is 5.69 Å². The summed E-state index contributed by atoms with van der Waals surface area (Å²) in [6, 6.07) is 4.33. The highest BCUT2D eigenvalue weighted by Crippen LogP contribution is 2.20. The lowest BCUT2D eigenvalue weighted by molar-refractivity contribution is -0.119. The van der Waals surface area contributed by atoms with Gasteiger partial charge in [-0.3, -0.25) is 4.79 Å². The molecule has 0 heterocycles. The lowest BCUT2D eigenvalue weighted by atomic mass is 10.2. The molecule has 8 heteroatoms. The first-order valence-electron chi connectivity index (χ1n) is 5.63. The Morgan fingerprint density at radius 3 is 2.65 bits per heavy atom. The molecule has 0 aromatic heterocycles. The Bertz CT molecular complexity index is 537. The minimum absolute atomic E-state index is 0.0482. The van der Waals surface area contributed by atoms with Crippen LogP contribution in [0.25, 0.3) is 0 Å². The smallest absolute Gasteiger partial charge is 0.337 e. The van der Waals surface area contributed by atoms with E-state index in [-0.39, 0.29) is 28.0 Å². The van der Waals surface area contributed by atoms with Gasteiger partial charge < -0.3 is 15.7 Å². The number of carboxylic acid groups (broad SMARTS) is 1. The fraction of sp³-hybridized carbons (Fsp3) is 0.250. The summed E-state index contributed by atoms with van der Waals surface area (Å²) >= 11 is 16.2. The molecular formula is C12H12Cl2N2O3S. The standard InChI is InChI=1S/C12H12Cl2N2O3S/c13-5-1-2-10(17)16-12(20)15-7-3-4-9(14)8(6-7)11(18)19/h3-4,6H,1-2,5H2,(H,18,19)(H2,15,16,17,20). The third kappa shape index (κ3) is 5.32. The van der Waals surface area contributed by atoms with Crippen molar-refractivity contribution >= 4 is 58.1 Å². The van der Waals surface area contributed by atoms with Crippen LogP contribution in [-0.2, 0) is 4.79 Å². The lowest BCUT2D eigenvalue weighted by Crippen LogP contribution is -2.34. The predicted molar refractivity (Wildman–Crippen MR) is 82.7 cm³/mol. The first-order valence-corrected chi connectivity index (χ1v) is 6.95. The number of rotatable bonds is 5. The van der Waals surface area contributed by atoms with E-state index >= 15 is 0 Å². The van der Waals surface area contributed by atoms with E-state index in [0.717, 1.165) is 0 Å². The van der Waals surface area contributed by atoms with Crippen molar-refractivity contribution in [3.05, 3.63) is 28.8 Å². The van der Waals surface area contributed by atoms with Crippen LogP contribution in [0.1, 0.15) is 23.2 Å². The van der Waals surface area contributed by atoms with E-state index in [1.165, 1.54) is 12.1 Å². The van der Waals surface area contributed by atoms with Gasteiger partial charge in [-0.05, 0) is 36.8 Å². The van der Waals surface area contributed by atoms with Gasteiger partial charge in [0, 0.05) is 18.0 Å². The van der Waals surface area contributed by atoms with Gasteiger partial charge in [0.25, 0.3) is 0 Å². The van der Waals surface area contributed by atoms with Gasteiger partial charge in [0.15, 0.2) is 5.11 Å². The average Bonchev–Trinajstić information content (AvgIpc) is 2.38. The molecule has 3 N–H and O–H groups in total. The quantitative estimate of drug-likeness (QED) is 0.570. The summed E-state index contributed by atoms with van der Waals surface area (Å²) in [6.45, 7) is 0. The van der Waals surface area contributed by atoms with Crippen molar-refractivity contribution in [3.8, 4) is 0 Å². The third-order valence-electron chi connectivity index (χ3n) is 2.25. The molecule has 0 saturated heterocycles. The van der Waals surface area contributed by atoms with E-state index in [9.17, 15) is 9.59 Å². The third-order valence-corrected chi connectivity index (χ3v) is 3.05. The van der Waals surface area contributed by atoms with Gasteiger partial charge in [-0.1, -0.05) is 11.6 Å². The van der Waals surface area contributed by atoms with Crippen molar-refractivity contribution in [1.29, 1.82) is 0 Å². The van der Waals surface area contributed by atoms with Crippen LogP contribution >= 0.6 is 35.4 Å². The van der Waals surface area contributed by atoms with Crippen LogP contribution in [0.2, 0.25) is 5.02 Å². The van der Waals surface area contributed by atoms with Crippen LogP contribution in [0.3, 0.4) is 0 Å². The number of anilines is 1. The number of hydrogen-bond donors (Lipinski definition) is 3. The SMILES string of the molecule is O=C(CCCCl)NC(=S)Nc1ccc(Cl)c(C(=O)O)c1. The van der Waals surface area contributed by atoms with Gasteiger partial charge in [-0.15, -0.1) is 11.6 Å². The Kier molecular flexibility index (Phi) is 6.70. The molecule has 0 radical (unpaired) electrons. The molecule has 0 spiro atoms. The number of alkyl halides is 1. The first-order chi connectivity index (χ1) is 9.43. The number of amides is 1. The number of carboxylic acids is 1. The zero-order valence-electron chi connectivity index (χ0n) is 10.3. The number of thiocarbonyl (C=S) groups is 1. The zero-order chi connectivity index (χ0) is 15.1. The van der Waals surface area contributed by atoms with Crippen molar-refractivity contribution < 1.29 is 14.7 Å². The molecule has 5 nitrogen and oxygen atoms in total. The van der Waals surface area contributed by atoms with Crippen LogP contribution < -0.4 is 10.6 Å². The van der Waals surface area contributed by atoms with Gasteiger partial charge in [0.05, 0.1) is 10.6 Å². The van der Waals surface area contributed by atoms with E-state index in [4.69, 9.17) is 40.5 Å². The van der Waals surface area contributed by atoms with Crippen LogP contribution in [-0.4, -0.2) is 28.0 Å². The minimum atomic E-state index is -1.14. The summed E-state index contributed by atoms with van der Waals surface area (Å²) in [5.41, 5.74) is 0.377. The number of benzene rings is 1. The molecule has 1 amide bonds. The summed E-state index contributed by atoms with van der Waals surface area (Å²) in [4.78, 5) is 22.3. The van der Waals surface area contributed by atoms with Crippen molar-refractivity contribution in [3.63, 3.8) is 0 Å². The van der Waals surface area contributed by atoms with E-state index in [1.807, 2.05) is 0 Å². The Balaban J connectivity index is 2.64. The normalized spacial score (nSPS) is 9.90. The fourth-order valence-electron chi connectivity index (χ4n) is 1.35. The lowest BCUT2D eigenvalue weighted by Gasteiger charge is -2.10. The highest BCUT2D eigenvalue weighted by atomic mass is 35.5. The molecule has 108 valence electrons. The monoisotopic (exact) mass is 334 g/mol. The molecule has 0 aliphatic carbocycles. The summed E-state index contributed by atoms with van der Waals surface area (Å²) in [7, 11) is 0. The number of aromatic carboxylic acids is 1. The summed E-state index contributed by atoms with van der Waals surface area (Å²) in [5, 5.41) is 14.3. The first kappa shape index (κ1) is 16.7. The number of nitrogens with one attached hydrogen (secondary N) is 2. The van der Waals surface area contributed by atoms with Crippen molar-refractivity contribution in [2.45, 2.75) is 12.8 Å². The number of carbonyl (C=O) groups excluding carboxylic acids is 1. The molecule has 20 heavy (non-hydrogen) atoms. The van der Waals surface area contributed by atoms with Crippen molar-refractivity contribution in [1.82, 2.24) is 5.32 Å². The highest BCUT2D eigenvalue weighted by Gasteiger charge is 2.10. The zero-order valence-corrected chi connectivity index (χ0v) is 12.6. The molecular weight excluding hydrogens is 323 g/mol. The summed E-state index contributed by atoms with van der Waals surface area (Å²) in [5.74, 6) is -1.00. The molecule has 1 aromatic carbocycles. The number of halogens is 2. The Morgan fingerprint density at radius 2 is 2.05 bits per heavy atom. The van der Waals surface area contributed by atoms with Crippen LogP contribution in [0, 0.1) is 0 Å². The maximum Gasteiger partial charge on any atom is 0.337 e. The molecule has 0 fully saturated rings. The maximum atomic E-state index is 11.4. The molecule has 1 rings (SSSR count). The van der Waals surface area contributed by atoms with E-state index < -0.39 is 5.97 Å². The predicted octanol–water partition coefficient (Wildman–Crippen LogP) is 2.87. The van der Waals surface area contributed by atoms with Gasteiger partial charge in [-0.25, -0.2) is 4.79 Å². The molecule has 0 aliphatic heterocycles. The van der Waals surface area contributed by atoms with E-state index in [2.05, 4.69) is 10.6 Å². The van der Waals surface area contributed by atoms with E-state index in [0.29, 0.717) is 18.0 Å². The fourth-order valence-corrected chi connectivity index (χ4v) is 1.91. The largest absolute Gasteiger partial charge is 0.478 e. The Morgan fingerprint density at radius 1 is 1.35 bits per heavy atom. The second kappa shape index (κ2) is 8.04. The second-order valence-electron chi connectivity index (χ2n) is 3.79. The maximum absolute atomic E-state index is 11.4. The van der Waals surface area contributed by atoms with Gasteiger partial charge in [0.1, 0.15) is 0 Å². The molecule has 0 saturated carbocycles. The number of carbonyl (C=O) groups is 2. The van der Waals surface area contributed by atoms with Crippen molar-refractivity contribution in [2.24, 2.45) is 0 Å².